The van der Waals surface area contributed by atoms with Crippen molar-refractivity contribution in [3.63, 3.8) is 0 Å². The second-order valence-corrected chi connectivity index (χ2v) is 6.82. The van der Waals surface area contributed by atoms with Crippen molar-refractivity contribution in [1.82, 2.24) is 15.1 Å². The minimum Gasteiger partial charge on any atom is -0.382 e. The highest BCUT2D eigenvalue weighted by molar-refractivity contribution is 6.20. The van der Waals surface area contributed by atoms with Crippen molar-refractivity contribution < 1.29 is 4.74 Å². The highest BCUT2D eigenvalue weighted by Gasteiger charge is 2.21. The van der Waals surface area contributed by atoms with E-state index in [0.717, 1.165) is 54.8 Å². The van der Waals surface area contributed by atoms with Gasteiger partial charge in [-0.25, -0.2) is 0 Å². The van der Waals surface area contributed by atoms with Gasteiger partial charge in [-0.15, -0.1) is 11.6 Å². The van der Waals surface area contributed by atoms with Crippen LogP contribution in [0.2, 0.25) is 0 Å². The largest absolute Gasteiger partial charge is 0.382 e. The van der Waals surface area contributed by atoms with Crippen molar-refractivity contribution in [2.24, 2.45) is 0 Å². The third kappa shape index (κ3) is 3.35. The molecule has 3 N–H and O–H groups in total. The number of alkyl halides is 1. The molecular formula is C19H21ClN4O. The smallest absolute Gasteiger partial charge is 0.153 e. The number of benzene rings is 2. The van der Waals surface area contributed by atoms with E-state index in [2.05, 4.69) is 39.4 Å². The zero-order valence-corrected chi connectivity index (χ0v) is 14.7. The first-order chi connectivity index (χ1) is 12.2. The van der Waals surface area contributed by atoms with Crippen LogP contribution in [0.25, 0.3) is 22.0 Å². The highest BCUT2D eigenvalue weighted by atomic mass is 35.5. The fourth-order valence-corrected chi connectivity index (χ4v) is 3.71. The van der Waals surface area contributed by atoms with E-state index in [1.807, 2.05) is 18.2 Å². The van der Waals surface area contributed by atoms with Crippen LogP contribution in [0.3, 0.4) is 0 Å². The lowest BCUT2D eigenvalue weighted by molar-refractivity contribution is 0.0314. The monoisotopic (exact) mass is 356 g/mol. The first-order valence-corrected chi connectivity index (χ1v) is 8.94. The van der Waals surface area contributed by atoms with Gasteiger partial charge in [-0.05, 0) is 28.8 Å². The molecule has 0 spiro atoms. The molecule has 1 saturated heterocycles. The quantitative estimate of drug-likeness (QED) is 0.556. The SMILES string of the molecule is Nc1n[nH]c2cc(CC(Cl)N3CCOCC3)c(-c3ccccc3)cc12. The Morgan fingerprint density at radius 3 is 2.72 bits per heavy atom. The molecule has 4 rings (SSSR count). The molecule has 6 heteroatoms. The van der Waals surface area contributed by atoms with Gasteiger partial charge < -0.3 is 10.5 Å². The summed E-state index contributed by atoms with van der Waals surface area (Å²) in [4.78, 5) is 2.27. The summed E-state index contributed by atoms with van der Waals surface area (Å²) >= 11 is 6.73. The van der Waals surface area contributed by atoms with Crippen LogP contribution in [0, 0.1) is 0 Å². The Labute approximate surface area is 151 Å². The van der Waals surface area contributed by atoms with E-state index in [1.54, 1.807) is 0 Å². The Kier molecular flexibility index (Phi) is 4.61. The molecule has 1 unspecified atom stereocenters. The number of hydrogen-bond acceptors (Lipinski definition) is 4. The van der Waals surface area contributed by atoms with Gasteiger partial charge in [0.2, 0.25) is 0 Å². The molecule has 2 heterocycles. The molecule has 0 amide bonds. The van der Waals surface area contributed by atoms with E-state index < -0.39 is 0 Å². The zero-order valence-electron chi connectivity index (χ0n) is 13.9. The van der Waals surface area contributed by atoms with Crippen molar-refractivity contribution in [3.8, 4) is 11.1 Å². The number of nitrogens with one attached hydrogen (secondary N) is 1. The van der Waals surface area contributed by atoms with Crippen molar-refractivity contribution in [1.29, 1.82) is 0 Å². The zero-order chi connectivity index (χ0) is 17.2. The molecule has 1 fully saturated rings. The summed E-state index contributed by atoms with van der Waals surface area (Å²) in [6.07, 6.45) is 0.751. The van der Waals surface area contributed by atoms with Gasteiger partial charge in [-0.1, -0.05) is 30.3 Å². The van der Waals surface area contributed by atoms with E-state index >= 15 is 0 Å². The van der Waals surface area contributed by atoms with Gasteiger partial charge in [-0.3, -0.25) is 10.00 Å². The number of aromatic amines is 1. The fraction of sp³-hybridized carbons (Fsp3) is 0.316. The number of fused-ring (bicyclic) bond motifs is 1. The summed E-state index contributed by atoms with van der Waals surface area (Å²) in [5.41, 5.74) is 10.4. The molecule has 0 aliphatic carbocycles. The number of halogens is 1. The fourth-order valence-electron chi connectivity index (χ4n) is 3.35. The van der Waals surface area contributed by atoms with Gasteiger partial charge in [0.05, 0.1) is 24.2 Å². The average molecular weight is 357 g/mol. The van der Waals surface area contributed by atoms with E-state index in [-0.39, 0.29) is 5.50 Å². The van der Waals surface area contributed by atoms with Gasteiger partial charge >= 0.3 is 0 Å². The summed E-state index contributed by atoms with van der Waals surface area (Å²) in [6.45, 7) is 3.22. The molecule has 1 aliphatic rings. The normalized spacial score (nSPS) is 17.0. The van der Waals surface area contributed by atoms with Crippen LogP contribution >= 0.6 is 11.6 Å². The lowest BCUT2D eigenvalue weighted by Crippen LogP contribution is -2.41. The number of nitrogens with zero attached hydrogens (tertiary/aromatic N) is 2. The Bertz CT molecular complexity index is 858. The van der Waals surface area contributed by atoms with Crippen molar-refractivity contribution in [2.45, 2.75) is 11.9 Å². The van der Waals surface area contributed by atoms with Gasteiger partial charge in [0.25, 0.3) is 0 Å². The molecule has 0 radical (unpaired) electrons. The molecule has 1 aliphatic heterocycles. The van der Waals surface area contributed by atoms with Crippen LogP contribution in [0.1, 0.15) is 5.56 Å². The summed E-state index contributed by atoms with van der Waals surface area (Å²) in [5, 5.41) is 8.09. The summed E-state index contributed by atoms with van der Waals surface area (Å²) < 4.78 is 5.43. The number of hydrogen-bond donors (Lipinski definition) is 2. The van der Waals surface area contributed by atoms with Gasteiger partial charge in [0, 0.05) is 24.9 Å². The van der Waals surface area contributed by atoms with Gasteiger partial charge in [0.1, 0.15) is 0 Å². The maximum absolute atomic E-state index is 6.73. The minimum atomic E-state index is -0.0657. The highest BCUT2D eigenvalue weighted by Crippen LogP contribution is 2.32. The standard InChI is InChI=1S/C19H21ClN4O/c20-18(24-6-8-25-9-7-24)11-14-10-17-16(19(21)23-22-17)12-15(14)13-4-2-1-3-5-13/h1-5,10,12,18H,6-9,11H2,(H3,21,22,23). The molecule has 25 heavy (non-hydrogen) atoms. The number of morpholine rings is 1. The molecule has 0 bridgehead atoms. The third-order valence-corrected chi connectivity index (χ3v) is 5.16. The first kappa shape index (κ1) is 16.4. The number of H-pyrrole nitrogens is 1. The Morgan fingerprint density at radius 1 is 1.20 bits per heavy atom. The van der Waals surface area contributed by atoms with Gasteiger partial charge in [-0.2, -0.15) is 5.10 Å². The molecule has 130 valence electrons. The molecule has 3 aromatic rings. The number of aromatic nitrogens is 2. The topological polar surface area (TPSA) is 67.2 Å². The molecule has 5 nitrogen and oxygen atoms in total. The van der Waals surface area contributed by atoms with Crippen molar-refractivity contribution in [3.05, 3.63) is 48.0 Å². The van der Waals surface area contributed by atoms with Crippen LogP contribution in [0.15, 0.2) is 42.5 Å². The molecule has 0 saturated carbocycles. The number of ether oxygens (including phenoxy) is 1. The first-order valence-electron chi connectivity index (χ1n) is 8.50. The number of anilines is 1. The van der Waals surface area contributed by atoms with E-state index in [4.69, 9.17) is 22.1 Å². The van der Waals surface area contributed by atoms with Crippen LogP contribution in [-0.2, 0) is 11.2 Å². The summed E-state index contributed by atoms with van der Waals surface area (Å²) in [7, 11) is 0. The summed E-state index contributed by atoms with van der Waals surface area (Å²) in [6, 6.07) is 14.6. The van der Waals surface area contributed by atoms with Crippen molar-refractivity contribution in [2.75, 3.05) is 32.0 Å². The number of rotatable bonds is 4. The summed E-state index contributed by atoms with van der Waals surface area (Å²) in [5.74, 6) is 0.523. The van der Waals surface area contributed by atoms with Gasteiger partial charge in [0.15, 0.2) is 5.82 Å². The van der Waals surface area contributed by atoms with E-state index in [0.29, 0.717) is 5.82 Å². The predicted molar refractivity (Wildman–Crippen MR) is 102 cm³/mol. The van der Waals surface area contributed by atoms with E-state index in [9.17, 15) is 0 Å². The maximum atomic E-state index is 6.73. The molecular weight excluding hydrogens is 336 g/mol. The van der Waals surface area contributed by atoms with Crippen LogP contribution in [0.5, 0.6) is 0 Å². The predicted octanol–water partition coefficient (Wildman–Crippen LogP) is 3.25. The second-order valence-electron chi connectivity index (χ2n) is 6.32. The van der Waals surface area contributed by atoms with Crippen molar-refractivity contribution >= 4 is 28.3 Å². The minimum absolute atomic E-state index is 0.0657. The third-order valence-electron chi connectivity index (χ3n) is 4.73. The van der Waals surface area contributed by atoms with Crippen LogP contribution in [0.4, 0.5) is 5.82 Å². The maximum Gasteiger partial charge on any atom is 0.153 e. The Hall–Kier alpha value is -2.08. The lowest BCUT2D eigenvalue weighted by atomic mass is 9.95. The number of nitrogen functional groups attached to an aromatic ring is 1. The average Bonchev–Trinajstić information content (AvgIpc) is 3.02. The lowest BCUT2D eigenvalue weighted by Gasteiger charge is -2.31. The second kappa shape index (κ2) is 7.04. The Balaban J connectivity index is 1.73. The molecule has 1 aromatic heterocycles. The molecule has 1 atom stereocenters. The molecule has 2 aromatic carbocycles. The van der Waals surface area contributed by atoms with Crippen LogP contribution < -0.4 is 5.73 Å². The number of nitrogens with two attached hydrogens (primary N) is 1. The van der Waals surface area contributed by atoms with Crippen LogP contribution in [-0.4, -0.2) is 46.9 Å². The Morgan fingerprint density at radius 2 is 1.96 bits per heavy atom. The van der Waals surface area contributed by atoms with E-state index in [1.165, 1.54) is 5.56 Å².